The fourth-order valence-corrected chi connectivity index (χ4v) is 4.87. The average Bonchev–Trinajstić information content (AvgIpc) is 3.02. The minimum absolute atomic E-state index is 0.0918. The monoisotopic (exact) mass is 650 g/mol. The zero-order valence-corrected chi connectivity index (χ0v) is 29.5. The predicted molar refractivity (Wildman–Crippen MR) is 184 cm³/mol. The Hall–Kier alpha value is -2.64. The Morgan fingerprint density at radius 3 is 0.826 bits per heavy atom. The standard InChI is InChI=1S/C38H66O8/c1-33(2)37(41)45-31-25-19-13-7-5-11-17-23-29-43-35(39)27-21-15-9-10-16-22-28-36(40)44-30-24-18-12-6-8-14-20-26-32-46-38(42)34(3)4/h1,3,5-32H2,2,4H3. The maximum atomic E-state index is 11.9. The number of carbonyl (C=O) groups excluding carboxylic acids is 4. The second-order valence-corrected chi connectivity index (χ2v) is 12.6. The third-order valence-corrected chi connectivity index (χ3v) is 7.78. The van der Waals surface area contributed by atoms with Gasteiger partial charge in [0, 0.05) is 24.0 Å². The van der Waals surface area contributed by atoms with Crippen molar-refractivity contribution in [2.75, 3.05) is 26.4 Å². The summed E-state index contributed by atoms with van der Waals surface area (Å²) in [6.45, 7) is 12.4. The Balaban J connectivity index is 3.31. The van der Waals surface area contributed by atoms with Crippen LogP contribution in [0.15, 0.2) is 24.3 Å². The number of esters is 4. The Bertz CT molecular complexity index is 767. The van der Waals surface area contributed by atoms with Gasteiger partial charge in [-0.3, -0.25) is 9.59 Å². The van der Waals surface area contributed by atoms with Gasteiger partial charge in [0.05, 0.1) is 26.4 Å². The van der Waals surface area contributed by atoms with Gasteiger partial charge in [-0.1, -0.05) is 116 Å². The third kappa shape index (κ3) is 31.3. The summed E-state index contributed by atoms with van der Waals surface area (Å²) in [7, 11) is 0. The van der Waals surface area contributed by atoms with E-state index in [4.69, 9.17) is 18.9 Å². The third-order valence-electron chi connectivity index (χ3n) is 7.78. The normalized spacial score (nSPS) is 10.7. The summed E-state index contributed by atoms with van der Waals surface area (Å²) >= 11 is 0. The molecule has 0 heterocycles. The van der Waals surface area contributed by atoms with E-state index in [0.717, 1.165) is 116 Å². The van der Waals surface area contributed by atoms with Crippen LogP contribution >= 0.6 is 0 Å². The summed E-state index contributed by atoms with van der Waals surface area (Å²) in [5, 5.41) is 0. The van der Waals surface area contributed by atoms with Gasteiger partial charge in [-0.2, -0.15) is 0 Å². The van der Waals surface area contributed by atoms with Crippen LogP contribution in [0, 0.1) is 0 Å². The molecule has 0 saturated heterocycles. The van der Waals surface area contributed by atoms with Crippen LogP contribution in [0.1, 0.15) is 168 Å². The number of unbranched alkanes of at least 4 members (excludes halogenated alkanes) is 19. The second kappa shape index (κ2) is 32.3. The lowest BCUT2D eigenvalue weighted by atomic mass is 10.1. The molecule has 0 aromatic rings. The molecule has 0 spiro atoms. The minimum atomic E-state index is -0.305. The minimum Gasteiger partial charge on any atom is -0.466 e. The van der Waals surface area contributed by atoms with E-state index in [-0.39, 0.29) is 23.9 Å². The highest BCUT2D eigenvalue weighted by molar-refractivity contribution is 5.87. The van der Waals surface area contributed by atoms with Crippen LogP contribution < -0.4 is 0 Å². The van der Waals surface area contributed by atoms with Crippen molar-refractivity contribution in [2.45, 2.75) is 168 Å². The Morgan fingerprint density at radius 1 is 0.348 bits per heavy atom. The molecule has 0 aromatic heterocycles. The molecule has 0 amide bonds. The fraction of sp³-hybridized carbons (Fsp3) is 0.789. The summed E-state index contributed by atoms with van der Waals surface area (Å²) in [6.07, 6.45) is 24.2. The first kappa shape index (κ1) is 43.4. The molecule has 46 heavy (non-hydrogen) atoms. The van der Waals surface area contributed by atoms with E-state index in [1.165, 1.54) is 25.7 Å². The average molecular weight is 651 g/mol. The van der Waals surface area contributed by atoms with Crippen molar-refractivity contribution >= 4 is 23.9 Å². The Kier molecular flexibility index (Phi) is 30.5. The highest BCUT2D eigenvalue weighted by Crippen LogP contribution is 2.12. The summed E-state index contributed by atoms with van der Waals surface area (Å²) in [5.41, 5.74) is 0.893. The van der Waals surface area contributed by atoms with Crippen molar-refractivity contribution in [3.05, 3.63) is 24.3 Å². The van der Waals surface area contributed by atoms with Crippen molar-refractivity contribution in [1.82, 2.24) is 0 Å². The molecule has 0 atom stereocenters. The van der Waals surface area contributed by atoms with E-state index in [1.54, 1.807) is 13.8 Å². The smallest absolute Gasteiger partial charge is 0.333 e. The van der Waals surface area contributed by atoms with E-state index in [0.29, 0.717) is 50.4 Å². The van der Waals surface area contributed by atoms with E-state index in [1.807, 2.05) is 0 Å². The van der Waals surface area contributed by atoms with E-state index < -0.39 is 0 Å². The van der Waals surface area contributed by atoms with Crippen molar-refractivity contribution in [1.29, 1.82) is 0 Å². The van der Waals surface area contributed by atoms with Gasteiger partial charge in [-0.05, 0) is 52.4 Å². The number of carbonyl (C=O) groups is 4. The molecular formula is C38H66O8. The van der Waals surface area contributed by atoms with Gasteiger partial charge >= 0.3 is 23.9 Å². The molecule has 0 radical (unpaired) electrons. The van der Waals surface area contributed by atoms with E-state index in [9.17, 15) is 19.2 Å². The summed E-state index contributed by atoms with van der Waals surface area (Å²) in [5.74, 6) is -0.794. The maximum Gasteiger partial charge on any atom is 0.333 e. The van der Waals surface area contributed by atoms with Crippen molar-refractivity contribution in [2.24, 2.45) is 0 Å². The molecule has 0 N–H and O–H groups in total. The van der Waals surface area contributed by atoms with Crippen LogP contribution in [0.2, 0.25) is 0 Å². The summed E-state index contributed by atoms with van der Waals surface area (Å²) in [6, 6.07) is 0. The molecule has 0 aromatic carbocycles. The van der Waals surface area contributed by atoms with E-state index in [2.05, 4.69) is 13.2 Å². The zero-order valence-electron chi connectivity index (χ0n) is 29.5. The lowest BCUT2D eigenvalue weighted by Crippen LogP contribution is -2.06. The molecule has 8 nitrogen and oxygen atoms in total. The van der Waals surface area contributed by atoms with Crippen LogP contribution in [0.3, 0.4) is 0 Å². The lowest BCUT2D eigenvalue weighted by Gasteiger charge is -2.06. The number of hydrogen-bond acceptors (Lipinski definition) is 8. The van der Waals surface area contributed by atoms with Crippen molar-refractivity contribution < 1.29 is 38.1 Å². The highest BCUT2D eigenvalue weighted by Gasteiger charge is 2.06. The molecule has 0 saturated carbocycles. The van der Waals surface area contributed by atoms with Gasteiger partial charge in [-0.25, -0.2) is 9.59 Å². The maximum absolute atomic E-state index is 11.9. The number of hydrogen-bond donors (Lipinski definition) is 0. The lowest BCUT2D eigenvalue weighted by molar-refractivity contribution is -0.144. The van der Waals surface area contributed by atoms with Gasteiger partial charge in [0.1, 0.15) is 0 Å². The predicted octanol–water partition coefficient (Wildman–Crippen LogP) is 9.67. The summed E-state index contributed by atoms with van der Waals surface area (Å²) in [4.78, 5) is 46.4. The molecule has 8 heteroatoms. The largest absolute Gasteiger partial charge is 0.466 e. The quantitative estimate of drug-likeness (QED) is 0.0299. The first-order chi connectivity index (χ1) is 22.2. The molecule has 0 aliphatic heterocycles. The molecule has 0 bridgehead atoms. The molecule has 0 unspecified atom stereocenters. The number of rotatable bonds is 33. The Labute approximate surface area is 280 Å². The summed E-state index contributed by atoms with van der Waals surface area (Å²) < 4.78 is 20.9. The van der Waals surface area contributed by atoms with Crippen LogP contribution in [0.25, 0.3) is 0 Å². The van der Waals surface area contributed by atoms with Gasteiger partial charge in [-0.15, -0.1) is 0 Å². The molecule has 266 valence electrons. The van der Waals surface area contributed by atoms with Crippen LogP contribution in [0.4, 0.5) is 0 Å². The van der Waals surface area contributed by atoms with Gasteiger partial charge in [0.15, 0.2) is 0 Å². The van der Waals surface area contributed by atoms with Crippen LogP contribution in [0.5, 0.6) is 0 Å². The highest BCUT2D eigenvalue weighted by atomic mass is 16.5. The zero-order chi connectivity index (χ0) is 34.1. The molecule has 0 fully saturated rings. The second-order valence-electron chi connectivity index (χ2n) is 12.6. The molecule has 0 rings (SSSR count). The molecular weight excluding hydrogens is 584 g/mol. The SMILES string of the molecule is C=C(C)C(=O)OCCCCCCCCCCOC(=O)CCCCCCCCC(=O)OCCCCCCCCCCOC(=O)C(=C)C. The van der Waals surface area contributed by atoms with Gasteiger partial charge in [0.25, 0.3) is 0 Å². The van der Waals surface area contributed by atoms with Crippen LogP contribution in [-0.4, -0.2) is 50.3 Å². The Morgan fingerprint density at radius 2 is 0.565 bits per heavy atom. The topological polar surface area (TPSA) is 105 Å². The molecule has 0 aliphatic rings. The van der Waals surface area contributed by atoms with Gasteiger partial charge < -0.3 is 18.9 Å². The van der Waals surface area contributed by atoms with Crippen molar-refractivity contribution in [3.8, 4) is 0 Å². The first-order valence-corrected chi connectivity index (χ1v) is 18.2. The first-order valence-electron chi connectivity index (χ1n) is 18.2. The molecule has 0 aliphatic carbocycles. The van der Waals surface area contributed by atoms with E-state index >= 15 is 0 Å². The van der Waals surface area contributed by atoms with Gasteiger partial charge in [0.2, 0.25) is 0 Å². The fourth-order valence-electron chi connectivity index (χ4n) is 4.87. The number of ether oxygens (including phenoxy) is 4. The van der Waals surface area contributed by atoms with Crippen LogP contribution in [-0.2, 0) is 38.1 Å². The van der Waals surface area contributed by atoms with Crippen molar-refractivity contribution in [3.63, 3.8) is 0 Å².